The molecule has 0 aliphatic heterocycles. The molecule has 0 atom stereocenters. The standard InChI is InChI=1S/C21H27O6P/c1-21(2,3)14-10-8-13(9-11-14)12-17-18(22)15-6-4-5-7-16(15)19(23)20(17)27-28(24,25)26/h4-7,13-14H,8-12H2,1-3H3,(H2,24,25,26). The van der Waals surface area contributed by atoms with Gasteiger partial charge in [0.05, 0.1) is 0 Å². The second kappa shape index (κ2) is 7.58. The maximum atomic E-state index is 13.0. The summed E-state index contributed by atoms with van der Waals surface area (Å²) in [6.07, 6.45) is 4.20. The van der Waals surface area contributed by atoms with Crippen LogP contribution in [0, 0.1) is 17.3 Å². The minimum Gasteiger partial charge on any atom is -0.400 e. The Hall–Kier alpha value is -1.75. The van der Waals surface area contributed by atoms with E-state index in [0.717, 1.165) is 25.7 Å². The first-order valence-corrected chi connectivity index (χ1v) is 11.2. The highest BCUT2D eigenvalue weighted by Crippen LogP contribution is 2.46. The molecule has 2 N–H and O–H groups in total. The number of carbonyl (C=O) groups excluding carboxylic acids is 2. The van der Waals surface area contributed by atoms with Crippen molar-refractivity contribution in [3.8, 4) is 0 Å². The summed E-state index contributed by atoms with van der Waals surface area (Å²) in [6, 6.07) is 6.33. The van der Waals surface area contributed by atoms with E-state index in [4.69, 9.17) is 4.52 Å². The van der Waals surface area contributed by atoms with Crippen molar-refractivity contribution in [3.05, 3.63) is 46.7 Å². The predicted molar refractivity (Wildman–Crippen MR) is 105 cm³/mol. The smallest absolute Gasteiger partial charge is 0.400 e. The van der Waals surface area contributed by atoms with Crippen LogP contribution >= 0.6 is 7.82 Å². The van der Waals surface area contributed by atoms with E-state index < -0.39 is 19.4 Å². The zero-order valence-corrected chi connectivity index (χ0v) is 17.4. The van der Waals surface area contributed by atoms with Gasteiger partial charge in [0.1, 0.15) is 0 Å². The van der Waals surface area contributed by atoms with Crippen LogP contribution in [-0.2, 0) is 9.09 Å². The van der Waals surface area contributed by atoms with Crippen molar-refractivity contribution in [2.45, 2.75) is 52.9 Å². The van der Waals surface area contributed by atoms with Crippen molar-refractivity contribution in [1.29, 1.82) is 0 Å². The number of phosphoric acid groups is 1. The molecule has 0 amide bonds. The maximum absolute atomic E-state index is 13.0. The summed E-state index contributed by atoms with van der Waals surface area (Å²) in [7, 11) is -4.96. The van der Waals surface area contributed by atoms with E-state index in [1.165, 1.54) is 6.07 Å². The van der Waals surface area contributed by atoms with E-state index in [-0.39, 0.29) is 33.8 Å². The lowest BCUT2D eigenvalue weighted by atomic mass is 9.68. The lowest BCUT2D eigenvalue weighted by Crippen LogP contribution is -2.28. The predicted octanol–water partition coefficient (Wildman–Crippen LogP) is 4.67. The highest BCUT2D eigenvalue weighted by atomic mass is 31.2. The Morgan fingerprint density at radius 1 is 1.00 bits per heavy atom. The number of phosphoric ester groups is 1. The van der Waals surface area contributed by atoms with Gasteiger partial charge in [0, 0.05) is 16.7 Å². The Morgan fingerprint density at radius 2 is 1.54 bits per heavy atom. The molecule has 28 heavy (non-hydrogen) atoms. The van der Waals surface area contributed by atoms with Crippen LogP contribution in [0.2, 0.25) is 0 Å². The van der Waals surface area contributed by atoms with Gasteiger partial charge < -0.3 is 4.52 Å². The molecule has 0 aromatic heterocycles. The third-order valence-corrected chi connectivity index (χ3v) is 6.37. The molecule has 1 aromatic rings. The average Bonchev–Trinajstić information content (AvgIpc) is 2.61. The Kier molecular flexibility index (Phi) is 5.68. The molecule has 152 valence electrons. The normalized spacial score (nSPS) is 23.6. The van der Waals surface area contributed by atoms with Gasteiger partial charge in [-0.15, -0.1) is 0 Å². The Morgan fingerprint density at radius 3 is 2.04 bits per heavy atom. The number of hydrogen-bond acceptors (Lipinski definition) is 4. The molecule has 1 saturated carbocycles. The van der Waals surface area contributed by atoms with Crippen LogP contribution in [0.1, 0.15) is 73.6 Å². The highest BCUT2D eigenvalue weighted by Gasteiger charge is 2.38. The van der Waals surface area contributed by atoms with Gasteiger partial charge in [0.25, 0.3) is 0 Å². The van der Waals surface area contributed by atoms with Crippen molar-refractivity contribution >= 4 is 19.4 Å². The first kappa shape index (κ1) is 21.0. The number of hydrogen-bond donors (Lipinski definition) is 2. The monoisotopic (exact) mass is 406 g/mol. The molecule has 0 unspecified atom stereocenters. The SMILES string of the molecule is CC(C)(C)C1CCC(CC2=C(OP(=O)(O)O)C(=O)c3ccccc3C2=O)CC1. The summed E-state index contributed by atoms with van der Waals surface area (Å²) in [4.78, 5) is 44.3. The summed E-state index contributed by atoms with van der Waals surface area (Å²) in [5.74, 6) is -0.720. The summed E-state index contributed by atoms with van der Waals surface area (Å²) >= 11 is 0. The molecule has 0 spiro atoms. The number of fused-ring (bicyclic) bond motifs is 1. The lowest BCUT2D eigenvalue weighted by Gasteiger charge is -2.37. The van der Waals surface area contributed by atoms with Crippen LogP contribution < -0.4 is 0 Å². The van der Waals surface area contributed by atoms with Gasteiger partial charge in [-0.25, -0.2) is 4.57 Å². The highest BCUT2D eigenvalue weighted by molar-refractivity contribution is 7.46. The van der Waals surface area contributed by atoms with Crippen LogP contribution in [-0.4, -0.2) is 21.4 Å². The van der Waals surface area contributed by atoms with Gasteiger partial charge in [0.2, 0.25) is 5.78 Å². The summed E-state index contributed by atoms with van der Waals surface area (Å²) < 4.78 is 16.2. The second-order valence-electron chi connectivity index (χ2n) is 8.88. The van der Waals surface area contributed by atoms with E-state index >= 15 is 0 Å². The Labute approximate surface area is 165 Å². The van der Waals surface area contributed by atoms with Crippen LogP contribution in [0.4, 0.5) is 0 Å². The molecule has 0 radical (unpaired) electrons. The minimum absolute atomic E-state index is 0.0891. The topological polar surface area (TPSA) is 101 Å². The fourth-order valence-electron chi connectivity index (χ4n) is 4.33. The van der Waals surface area contributed by atoms with E-state index in [0.29, 0.717) is 12.3 Å². The summed E-state index contributed by atoms with van der Waals surface area (Å²) in [5, 5.41) is 0. The van der Waals surface area contributed by atoms with Gasteiger partial charge in [-0.1, -0.05) is 45.0 Å². The number of carbonyl (C=O) groups is 2. The van der Waals surface area contributed by atoms with Gasteiger partial charge >= 0.3 is 7.82 Å². The van der Waals surface area contributed by atoms with Crippen LogP contribution in [0.3, 0.4) is 0 Å². The van der Waals surface area contributed by atoms with Crippen LogP contribution in [0.25, 0.3) is 0 Å². The maximum Gasteiger partial charge on any atom is 0.524 e. The quantitative estimate of drug-likeness (QED) is 0.705. The molecule has 7 heteroatoms. The van der Waals surface area contributed by atoms with Crippen LogP contribution in [0.15, 0.2) is 35.6 Å². The van der Waals surface area contributed by atoms with Crippen molar-refractivity contribution in [1.82, 2.24) is 0 Å². The molecule has 1 fully saturated rings. The number of benzene rings is 1. The number of ketones is 2. The lowest BCUT2D eigenvalue weighted by molar-refractivity contribution is 0.0910. The largest absolute Gasteiger partial charge is 0.524 e. The molecule has 2 aliphatic rings. The van der Waals surface area contributed by atoms with E-state index in [2.05, 4.69) is 20.8 Å². The van der Waals surface area contributed by atoms with Crippen LogP contribution in [0.5, 0.6) is 0 Å². The van der Waals surface area contributed by atoms with E-state index in [9.17, 15) is 23.9 Å². The van der Waals surface area contributed by atoms with Gasteiger partial charge in [0.15, 0.2) is 11.5 Å². The number of allylic oxidation sites excluding steroid dienone is 2. The molecule has 3 rings (SSSR count). The van der Waals surface area contributed by atoms with Crippen molar-refractivity contribution in [2.24, 2.45) is 17.3 Å². The van der Waals surface area contributed by atoms with Crippen molar-refractivity contribution < 1.29 is 28.5 Å². The Balaban J connectivity index is 1.89. The first-order valence-electron chi connectivity index (χ1n) is 9.64. The fourth-order valence-corrected chi connectivity index (χ4v) is 4.76. The van der Waals surface area contributed by atoms with Gasteiger partial charge in [-0.3, -0.25) is 19.4 Å². The molecule has 1 aromatic carbocycles. The summed E-state index contributed by atoms with van der Waals surface area (Å²) in [5.41, 5.74) is 0.709. The molecular formula is C21H27O6P. The number of Topliss-reactive ketones (excluding diaryl/α,β-unsaturated/α-hetero) is 2. The minimum atomic E-state index is -4.96. The third-order valence-electron chi connectivity index (χ3n) is 5.95. The molecule has 0 bridgehead atoms. The third kappa shape index (κ3) is 4.45. The zero-order valence-electron chi connectivity index (χ0n) is 16.5. The summed E-state index contributed by atoms with van der Waals surface area (Å²) in [6.45, 7) is 6.69. The molecule has 0 heterocycles. The van der Waals surface area contributed by atoms with E-state index in [1.54, 1.807) is 18.2 Å². The Bertz CT molecular complexity index is 865. The van der Waals surface area contributed by atoms with Gasteiger partial charge in [-0.05, 0) is 49.4 Å². The first-order chi connectivity index (χ1) is 13.0. The van der Waals surface area contributed by atoms with Gasteiger partial charge in [-0.2, -0.15) is 0 Å². The second-order valence-corrected chi connectivity index (χ2v) is 10.0. The zero-order chi connectivity index (χ0) is 20.7. The molecule has 2 aliphatic carbocycles. The molecule has 6 nitrogen and oxygen atoms in total. The fraction of sp³-hybridized carbons (Fsp3) is 0.524. The van der Waals surface area contributed by atoms with E-state index in [1.807, 2.05) is 0 Å². The number of rotatable bonds is 4. The van der Waals surface area contributed by atoms with Crippen molar-refractivity contribution in [3.63, 3.8) is 0 Å². The average molecular weight is 406 g/mol. The van der Waals surface area contributed by atoms with Crippen molar-refractivity contribution in [2.75, 3.05) is 0 Å². The molecular weight excluding hydrogens is 379 g/mol. The molecule has 0 saturated heterocycles.